The largest absolute Gasteiger partial charge is 0.328 e. The van der Waals surface area contributed by atoms with Gasteiger partial charge in [-0.2, -0.15) is 0 Å². The van der Waals surface area contributed by atoms with Crippen molar-refractivity contribution in [2.75, 3.05) is 0 Å². The number of hydrogen-bond donors (Lipinski definition) is 1. The lowest BCUT2D eigenvalue weighted by Gasteiger charge is -2.27. The summed E-state index contributed by atoms with van der Waals surface area (Å²) in [6.07, 6.45) is 0.546. The van der Waals surface area contributed by atoms with Crippen LogP contribution in [-0.4, -0.2) is 6.04 Å². The lowest BCUT2D eigenvalue weighted by molar-refractivity contribution is 0.395. The van der Waals surface area contributed by atoms with Crippen LogP contribution in [-0.2, 0) is 5.41 Å². The van der Waals surface area contributed by atoms with Crippen LogP contribution in [0.25, 0.3) is 0 Å². The summed E-state index contributed by atoms with van der Waals surface area (Å²) in [4.78, 5) is 0. The molecule has 1 nitrogen and oxygen atoms in total. The van der Waals surface area contributed by atoms with E-state index in [0.717, 1.165) is 0 Å². The Morgan fingerprint density at radius 2 is 1.73 bits per heavy atom. The molecular formula is C12H17F2N. The molecule has 0 fully saturated rings. The van der Waals surface area contributed by atoms with E-state index in [0.29, 0.717) is 6.42 Å². The van der Waals surface area contributed by atoms with Crippen molar-refractivity contribution in [1.29, 1.82) is 0 Å². The normalized spacial score (nSPS) is 14.0. The highest BCUT2D eigenvalue weighted by Gasteiger charge is 2.28. The average molecular weight is 213 g/mol. The van der Waals surface area contributed by atoms with E-state index in [1.165, 1.54) is 18.2 Å². The summed E-state index contributed by atoms with van der Waals surface area (Å²) >= 11 is 0. The van der Waals surface area contributed by atoms with Gasteiger partial charge in [-0.15, -0.1) is 0 Å². The highest BCUT2D eigenvalue weighted by molar-refractivity contribution is 5.27. The first-order valence-electron chi connectivity index (χ1n) is 5.04. The van der Waals surface area contributed by atoms with Crippen LogP contribution in [0.3, 0.4) is 0 Å². The average Bonchev–Trinajstić information content (AvgIpc) is 1.99. The fourth-order valence-corrected chi connectivity index (χ4v) is 2.05. The minimum atomic E-state index is -0.580. The molecule has 15 heavy (non-hydrogen) atoms. The van der Waals surface area contributed by atoms with Gasteiger partial charge >= 0.3 is 0 Å². The molecule has 1 unspecified atom stereocenters. The Hall–Kier alpha value is -0.960. The van der Waals surface area contributed by atoms with Gasteiger partial charge in [-0.05, 0) is 30.9 Å². The van der Waals surface area contributed by atoms with Gasteiger partial charge in [-0.1, -0.05) is 19.9 Å². The van der Waals surface area contributed by atoms with E-state index < -0.39 is 17.0 Å². The smallest absolute Gasteiger partial charge is 0.129 e. The summed E-state index contributed by atoms with van der Waals surface area (Å²) in [6.45, 7) is 5.44. The van der Waals surface area contributed by atoms with Gasteiger partial charge in [-0.3, -0.25) is 0 Å². The highest BCUT2D eigenvalue weighted by Crippen LogP contribution is 2.31. The van der Waals surface area contributed by atoms with Gasteiger partial charge in [0.2, 0.25) is 0 Å². The third-order valence-electron chi connectivity index (χ3n) is 2.47. The molecule has 0 aromatic heterocycles. The first-order valence-corrected chi connectivity index (χ1v) is 5.04. The number of benzene rings is 1. The van der Waals surface area contributed by atoms with Crippen molar-refractivity contribution < 1.29 is 8.78 Å². The zero-order chi connectivity index (χ0) is 11.6. The van der Waals surface area contributed by atoms with Crippen LogP contribution >= 0.6 is 0 Å². The molecule has 0 aliphatic carbocycles. The Morgan fingerprint density at radius 1 is 1.27 bits per heavy atom. The SMILES string of the molecule is CC(N)CC(C)(C)c1c(F)cccc1F. The van der Waals surface area contributed by atoms with E-state index in [2.05, 4.69) is 0 Å². The molecule has 0 saturated heterocycles. The summed E-state index contributed by atoms with van der Waals surface area (Å²) in [7, 11) is 0. The molecule has 1 rings (SSSR count). The predicted molar refractivity (Wildman–Crippen MR) is 57.7 cm³/mol. The first kappa shape index (κ1) is 12.1. The Balaban J connectivity index is 3.14. The van der Waals surface area contributed by atoms with Gasteiger partial charge in [0.05, 0.1) is 0 Å². The van der Waals surface area contributed by atoms with Crippen molar-refractivity contribution in [1.82, 2.24) is 0 Å². The lowest BCUT2D eigenvalue weighted by Crippen LogP contribution is -2.30. The van der Waals surface area contributed by atoms with Gasteiger partial charge in [0.1, 0.15) is 11.6 Å². The van der Waals surface area contributed by atoms with Crippen LogP contribution in [0.15, 0.2) is 18.2 Å². The number of rotatable bonds is 3. The molecule has 1 aromatic rings. The molecule has 0 amide bonds. The topological polar surface area (TPSA) is 26.0 Å². The summed E-state index contributed by atoms with van der Waals surface area (Å²) in [5.41, 5.74) is 5.22. The summed E-state index contributed by atoms with van der Waals surface area (Å²) < 4.78 is 27.0. The number of hydrogen-bond acceptors (Lipinski definition) is 1. The van der Waals surface area contributed by atoms with Crippen LogP contribution in [0, 0.1) is 11.6 Å². The molecule has 0 aliphatic rings. The fourth-order valence-electron chi connectivity index (χ4n) is 2.05. The van der Waals surface area contributed by atoms with Crippen molar-refractivity contribution in [3.8, 4) is 0 Å². The van der Waals surface area contributed by atoms with Crippen molar-refractivity contribution in [2.24, 2.45) is 5.73 Å². The minimum Gasteiger partial charge on any atom is -0.328 e. The van der Waals surface area contributed by atoms with Crippen molar-refractivity contribution in [3.05, 3.63) is 35.4 Å². The summed E-state index contributed by atoms with van der Waals surface area (Å²) in [5, 5.41) is 0. The maximum absolute atomic E-state index is 13.5. The van der Waals surface area contributed by atoms with Crippen molar-refractivity contribution >= 4 is 0 Å². The van der Waals surface area contributed by atoms with Gasteiger partial charge < -0.3 is 5.73 Å². The molecule has 0 aliphatic heterocycles. The first-order chi connectivity index (χ1) is 6.84. The van der Waals surface area contributed by atoms with Crippen LogP contribution in [0.2, 0.25) is 0 Å². The van der Waals surface area contributed by atoms with Crippen LogP contribution in [0.5, 0.6) is 0 Å². The Kier molecular flexibility index (Phi) is 3.45. The lowest BCUT2D eigenvalue weighted by atomic mass is 9.79. The molecule has 0 heterocycles. The summed E-state index contributed by atoms with van der Waals surface area (Å²) in [5.74, 6) is -0.999. The number of nitrogens with two attached hydrogens (primary N) is 1. The molecule has 0 saturated carbocycles. The fraction of sp³-hybridized carbons (Fsp3) is 0.500. The van der Waals surface area contributed by atoms with Gasteiger partial charge in [0.15, 0.2) is 0 Å². The van der Waals surface area contributed by atoms with E-state index in [9.17, 15) is 8.78 Å². The van der Waals surface area contributed by atoms with E-state index in [1.54, 1.807) is 13.8 Å². The van der Waals surface area contributed by atoms with E-state index in [-0.39, 0.29) is 11.6 Å². The maximum atomic E-state index is 13.5. The van der Waals surface area contributed by atoms with Crippen molar-refractivity contribution in [2.45, 2.75) is 38.6 Å². The van der Waals surface area contributed by atoms with Crippen LogP contribution in [0.1, 0.15) is 32.8 Å². The Labute approximate surface area is 89.3 Å². The second-order valence-corrected chi connectivity index (χ2v) is 4.66. The van der Waals surface area contributed by atoms with Crippen LogP contribution < -0.4 is 5.73 Å². The standard InChI is InChI=1S/C12H17F2N/c1-8(15)7-12(2,3)11-9(13)5-4-6-10(11)14/h4-6,8H,7,15H2,1-3H3. The molecule has 84 valence electrons. The van der Waals surface area contributed by atoms with E-state index >= 15 is 0 Å². The minimum absolute atomic E-state index is 0.0843. The third-order valence-corrected chi connectivity index (χ3v) is 2.47. The van der Waals surface area contributed by atoms with Gasteiger partial charge in [0.25, 0.3) is 0 Å². The van der Waals surface area contributed by atoms with E-state index in [1.807, 2.05) is 6.92 Å². The molecule has 0 spiro atoms. The van der Waals surface area contributed by atoms with Gasteiger partial charge in [-0.25, -0.2) is 8.78 Å². The Bertz CT molecular complexity index is 325. The van der Waals surface area contributed by atoms with Gasteiger partial charge in [0, 0.05) is 11.6 Å². The van der Waals surface area contributed by atoms with E-state index in [4.69, 9.17) is 5.73 Å². The molecule has 1 atom stereocenters. The molecule has 3 heteroatoms. The molecule has 0 radical (unpaired) electrons. The maximum Gasteiger partial charge on any atom is 0.129 e. The van der Waals surface area contributed by atoms with Crippen LogP contribution in [0.4, 0.5) is 8.78 Å². The zero-order valence-electron chi connectivity index (χ0n) is 9.35. The van der Waals surface area contributed by atoms with Crippen molar-refractivity contribution in [3.63, 3.8) is 0 Å². The molecule has 0 bridgehead atoms. The zero-order valence-corrected chi connectivity index (χ0v) is 9.35. The monoisotopic (exact) mass is 213 g/mol. The highest BCUT2D eigenvalue weighted by atomic mass is 19.1. The third kappa shape index (κ3) is 2.75. The Morgan fingerprint density at radius 3 is 2.13 bits per heavy atom. The quantitative estimate of drug-likeness (QED) is 0.820. The predicted octanol–water partition coefficient (Wildman–Crippen LogP) is 2.98. The summed E-state index contributed by atoms with van der Waals surface area (Å²) in [6, 6.07) is 3.85. The second kappa shape index (κ2) is 4.27. The molecular weight excluding hydrogens is 196 g/mol. The number of halogens is 2. The molecule has 2 N–H and O–H groups in total. The molecule has 1 aromatic carbocycles. The second-order valence-electron chi connectivity index (χ2n) is 4.66.